The molecule has 0 aliphatic carbocycles. The van der Waals surface area contributed by atoms with Gasteiger partial charge in [-0.05, 0) is 55.7 Å². The number of benzene rings is 2. The van der Waals surface area contributed by atoms with Gasteiger partial charge >= 0.3 is 0 Å². The third kappa shape index (κ3) is 8.73. The van der Waals surface area contributed by atoms with Gasteiger partial charge in [0.1, 0.15) is 5.75 Å². The van der Waals surface area contributed by atoms with E-state index in [1.807, 2.05) is 29.2 Å². The quantitative estimate of drug-likeness (QED) is 0.372. The molecule has 0 aromatic heterocycles. The van der Waals surface area contributed by atoms with Crippen molar-refractivity contribution in [2.45, 2.75) is 64.7 Å². The van der Waals surface area contributed by atoms with Gasteiger partial charge in [0, 0.05) is 36.1 Å². The van der Waals surface area contributed by atoms with Gasteiger partial charge in [0.05, 0.1) is 13.2 Å². The Morgan fingerprint density at radius 1 is 0.882 bits per heavy atom. The minimum atomic E-state index is -0.145. The molecule has 6 nitrogen and oxygen atoms in total. The summed E-state index contributed by atoms with van der Waals surface area (Å²) in [5, 5.41) is 6.03. The first-order chi connectivity index (χ1) is 16.7. The van der Waals surface area contributed by atoms with Gasteiger partial charge in [0.25, 0.3) is 5.91 Å². The molecule has 1 aliphatic rings. The summed E-state index contributed by atoms with van der Waals surface area (Å²) in [6.45, 7) is 4.73. The monoisotopic (exact) mass is 465 g/mol. The maximum Gasteiger partial charge on any atom is 0.253 e. The van der Waals surface area contributed by atoms with E-state index in [0.29, 0.717) is 17.9 Å². The Bertz CT molecular complexity index is 890. The van der Waals surface area contributed by atoms with Crippen molar-refractivity contribution in [2.24, 2.45) is 0 Å². The third-order valence-corrected chi connectivity index (χ3v) is 6.11. The smallest absolute Gasteiger partial charge is 0.253 e. The topological polar surface area (TPSA) is 70.7 Å². The zero-order valence-electron chi connectivity index (χ0n) is 20.5. The van der Waals surface area contributed by atoms with E-state index in [1.165, 1.54) is 38.5 Å². The van der Waals surface area contributed by atoms with Crippen LogP contribution in [0.1, 0.15) is 75.1 Å². The van der Waals surface area contributed by atoms with Gasteiger partial charge in [0.15, 0.2) is 0 Å². The van der Waals surface area contributed by atoms with E-state index in [-0.39, 0.29) is 18.4 Å². The zero-order valence-corrected chi connectivity index (χ0v) is 20.5. The first kappa shape index (κ1) is 25.6. The lowest BCUT2D eigenvalue weighted by atomic mass is 10.1. The minimum Gasteiger partial charge on any atom is -0.494 e. The highest BCUT2D eigenvalue weighted by Gasteiger charge is 2.17. The van der Waals surface area contributed by atoms with E-state index >= 15 is 0 Å². The summed E-state index contributed by atoms with van der Waals surface area (Å²) >= 11 is 0. The second-order valence-corrected chi connectivity index (χ2v) is 8.98. The molecule has 2 amide bonds. The number of ether oxygens (including phenoxy) is 1. The Hall–Kier alpha value is -3.02. The number of unbranched alkanes of at least 4 members (excludes halogenated alkanes) is 4. The number of carbonyl (C=O) groups is 2. The van der Waals surface area contributed by atoms with Gasteiger partial charge in [-0.2, -0.15) is 0 Å². The van der Waals surface area contributed by atoms with Crippen molar-refractivity contribution < 1.29 is 14.3 Å². The molecule has 184 valence electrons. The second kappa shape index (κ2) is 14.3. The SMILES string of the molecule is CCCCCCCOc1cccc(NCC(=O)Nc2ccc(C(=O)N3CCCCCC3)cc2)c1. The molecule has 0 radical (unpaired) electrons. The van der Waals surface area contributed by atoms with Crippen LogP contribution in [0.25, 0.3) is 0 Å². The lowest BCUT2D eigenvalue weighted by molar-refractivity contribution is -0.114. The van der Waals surface area contributed by atoms with Crippen molar-refractivity contribution in [3.8, 4) is 5.75 Å². The van der Waals surface area contributed by atoms with Crippen molar-refractivity contribution in [1.29, 1.82) is 0 Å². The number of carbonyl (C=O) groups excluding carboxylic acids is 2. The lowest BCUT2D eigenvalue weighted by Gasteiger charge is -2.20. The number of anilines is 2. The number of likely N-dealkylation sites (tertiary alicyclic amines) is 1. The van der Waals surface area contributed by atoms with Crippen LogP contribution in [0.2, 0.25) is 0 Å². The zero-order chi connectivity index (χ0) is 24.0. The number of nitrogens with one attached hydrogen (secondary N) is 2. The van der Waals surface area contributed by atoms with Gasteiger partial charge < -0.3 is 20.3 Å². The van der Waals surface area contributed by atoms with Crippen molar-refractivity contribution in [1.82, 2.24) is 4.90 Å². The fraction of sp³-hybridized carbons (Fsp3) is 0.500. The Morgan fingerprint density at radius 2 is 1.62 bits per heavy atom. The first-order valence-corrected chi connectivity index (χ1v) is 12.8. The average Bonchev–Trinajstić information content (AvgIpc) is 3.15. The second-order valence-electron chi connectivity index (χ2n) is 8.98. The van der Waals surface area contributed by atoms with Crippen molar-refractivity contribution in [3.05, 3.63) is 54.1 Å². The minimum absolute atomic E-state index is 0.0736. The van der Waals surface area contributed by atoms with Gasteiger partial charge in [-0.1, -0.05) is 51.5 Å². The predicted molar refractivity (Wildman–Crippen MR) is 139 cm³/mol. The van der Waals surface area contributed by atoms with E-state index in [4.69, 9.17) is 4.74 Å². The Kier molecular flexibility index (Phi) is 10.8. The number of hydrogen-bond donors (Lipinski definition) is 2. The number of rotatable bonds is 12. The van der Waals surface area contributed by atoms with Crippen LogP contribution in [0.15, 0.2) is 48.5 Å². The summed E-state index contributed by atoms with van der Waals surface area (Å²) in [6.07, 6.45) is 10.6. The highest BCUT2D eigenvalue weighted by molar-refractivity contribution is 5.96. The molecule has 0 atom stereocenters. The summed E-state index contributed by atoms with van der Waals surface area (Å²) in [4.78, 5) is 27.0. The maximum absolute atomic E-state index is 12.7. The molecular formula is C28H39N3O3. The van der Waals surface area contributed by atoms with Crippen LogP contribution >= 0.6 is 0 Å². The molecule has 0 spiro atoms. The summed E-state index contributed by atoms with van der Waals surface area (Å²) in [5.41, 5.74) is 2.19. The van der Waals surface area contributed by atoms with Crippen LogP contribution in [-0.4, -0.2) is 43.0 Å². The van der Waals surface area contributed by atoms with Gasteiger partial charge in [-0.15, -0.1) is 0 Å². The van der Waals surface area contributed by atoms with Gasteiger partial charge in [-0.3, -0.25) is 9.59 Å². The Balaban J connectivity index is 1.41. The van der Waals surface area contributed by atoms with Crippen LogP contribution in [0.5, 0.6) is 5.75 Å². The number of hydrogen-bond acceptors (Lipinski definition) is 4. The normalized spacial score (nSPS) is 13.7. The molecule has 0 unspecified atom stereocenters. The summed E-state index contributed by atoms with van der Waals surface area (Å²) in [6, 6.07) is 14.9. The standard InChI is InChI=1S/C28H39N3O3/c1-2-3-4-7-10-20-34-26-13-11-12-25(21-26)29-22-27(32)30-24-16-14-23(15-17-24)28(33)31-18-8-5-6-9-19-31/h11-17,21,29H,2-10,18-20,22H2,1H3,(H,30,32). The molecule has 0 bridgehead atoms. The van der Waals surface area contributed by atoms with Gasteiger partial charge in [0.2, 0.25) is 5.91 Å². The van der Waals surface area contributed by atoms with Crippen LogP contribution in [0, 0.1) is 0 Å². The van der Waals surface area contributed by atoms with Crippen LogP contribution in [0.4, 0.5) is 11.4 Å². The third-order valence-electron chi connectivity index (χ3n) is 6.11. The van der Waals surface area contributed by atoms with Crippen LogP contribution in [0.3, 0.4) is 0 Å². The fourth-order valence-corrected chi connectivity index (χ4v) is 4.13. The summed E-state index contributed by atoms with van der Waals surface area (Å²) in [5.74, 6) is 0.740. The first-order valence-electron chi connectivity index (χ1n) is 12.8. The molecule has 0 saturated carbocycles. The average molecular weight is 466 g/mol. The molecule has 2 aromatic rings. The summed E-state index contributed by atoms with van der Waals surface area (Å²) in [7, 11) is 0. The molecule has 34 heavy (non-hydrogen) atoms. The van der Waals surface area contributed by atoms with Crippen molar-refractivity contribution >= 4 is 23.2 Å². The number of amides is 2. The van der Waals surface area contributed by atoms with E-state index in [0.717, 1.165) is 43.8 Å². The lowest BCUT2D eigenvalue weighted by Crippen LogP contribution is -2.31. The predicted octanol–water partition coefficient (Wildman–Crippen LogP) is 6.10. The number of nitrogens with zero attached hydrogens (tertiary/aromatic N) is 1. The van der Waals surface area contributed by atoms with Crippen molar-refractivity contribution in [2.75, 3.05) is 36.9 Å². The molecular weight excluding hydrogens is 426 g/mol. The molecule has 1 aliphatic heterocycles. The maximum atomic E-state index is 12.7. The Labute approximate surface area is 204 Å². The van der Waals surface area contributed by atoms with Crippen molar-refractivity contribution in [3.63, 3.8) is 0 Å². The van der Waals surface area contributed by atoms with Gasteiger partial charge in [-0.25, -0.2) is 0 Å². The highest BCUT2D eigenvalue weighted by Crippen LogP contribution is 2.18. The molecule has 1 heterocycles. The molecule has 2 aromatic carbocycles. The fourth-order valence-electron chi connectivity index (χ4n) is 4.13. The molecule has 1 fully saturated rings. The molecule has 2 N–H and O–H groups in total. The van der Waals surface area contributed by atoms with E-state index in [2.05, 4.69) is 17.6 Å². The van der Waals surface area contributed by atoms with Crippen LogP contribution in [-0.2, 0) is 4.79 Å². The van der Waals surface area contributed by atoms with E-state index in [9.17, 15) is 9.59 Å². The largest absolute Gasteiger partial charge is 0.494 e. The molecule has 3 rings (SSSR count). The molecule has 1 saturated heterocycles. The van der Waals surface area contributed by atoms with Crippen LogP contribution < -0.4 is 15.4 Å². The van der Waals surface area contributed by atoms with E-state index in [1.54, 1.807) is 24.3 Å². The molecule has 6 heteroatoms. The highest BCUT2D eigenvalue weighted by atomic mass is 16.5. The van der Waals surface area contributed by atoms with E-state index < -0.39 is 0 Å². The summed E-state index contributed by atoms with van der Waals surface area (Å²) < 4.78 is 5.84. The Morgan fingerprint density at radius 3 is 2.35 bits per heavy atom.